The van der Waals surface area contributed by atoms with E-state index in [4.69, 9.17) is 10.5 Å². The van der Waals surface area contributed by atoms with Crippen LogP contribution in [0.2, 0.25) is 0 Å². The van der Waals surface area contributed by atoms with Crippen LogP contribution >= 0.6 is 0 Å². The lowest BCUT2D eigenvalue weighted by Crippen LogP contribution is -2.42. The molecule has 0 bridgehead atoms. The van der Waals surface area contributed by atoms with Gasteiger partial charge in [-0.3, -0.25) is 4.79 Å². The largest absolute Gasteiger partial charge is 0.373 e. The highest BCUT2D eigenvalue weighted by Crippen LogP contribution is 2.35. The molecule has 15 heavy (non-hydrogen) atoms. The fraction of sp³-hybridized carbons (Fsp3) is 0.909. The highest BCUT2D eigenvalue weighted by molar-refractivity contribution is 5.77. The minimum Gasteiger partial charge on any atom is -0.373 e. The van der Waals surface area contributed by atoms with E-state index >= 15 is 0 Å². The quantitative estimate of drug-likeness (QED) is 0.715. The van der Waals surface area contributed by atoms with Crippen molar-refractivity contribution in [1.29, 1.82) is 0 Å². The maximum atomic E-state index is 11.6. The Hall–Kier alpha value is -0.610. The topological polar surface area (TPSA) is 64.4 Å². The van der Waals surface area contributed by atoms with E-state index in [1.165, 1.54) is 0 Å². The fourth-order valence-corrected chi connectivity index (χ4v) is 1.98. The third kappa shape index (κ3) is 2.92. The van der Waals surface area contributed by atoms with Crippen molar-refractivity contribution in [3.05, 3.63) is 0 Å². The molecule has 2 fully saturated rings. The van der Waals surface area contributed by atoms with E-state index in [-0.39, 0.29) is 17.0 Å². The lowest BCUT2D eigenvalue weighted by Gasteiger charge is -2.23. The molecule has 1 aliphatic carbocycles. The Morgan fingerprint density at radius 2 is 2.20 bits per heavy atom. The minimum absolute atomic E-state index is 0.0618. The van der Waals surface area contributed by atoms with Crippen molar-refractivity contribution in [3.8, 4) is 0 Å². The summed E-state index contributed by atoms with van der Waals surface area (Å²) in [4.78, 5) is 11.6. The van der Waals surface area contributed by atoms with Crippen LogP contribution in [0, 0.1) is 0 Å². The molecule has 3 N–H and O–H groups in total. The van der Waals surface area contributed by atoms with E-state index in [0.29, 0.717) is 13.0 Å². The van der Waals surface area contributed by atoms with Crippen molar-refractivity contribution < 1.29 is 9.53 Å². The van der Waals surface area contributed by atoms with Crippen molar-refractivity contribution in [2.24, 2.45) is 5.73 Å². The van der Waals surface area contributed by atoms with Crippen molar-refractivity contribution in [3.63, 3.8) is 0 Å². The third-order valence-corrected chi connectivity index (χ3v) is 3.36. The first-order valence-electron chi connectivity index (χ1n) is 5.71. The average Bonchev–Trinajstić information content (AvgIpc) is 2.73. The van der Waals surface area contributed by atoms with E-state index in [9.17, 15) is 4.79 Å². The molecular formula is C11H20N2O2. The van der Waals surface area contributed by atoms with Crippen molar-refractivity contribution in [2.75, 3.05) is 13.2 Å². The Morgan fingerprint density at radius 3 is 2.73 bits per heavy atom. The predicted octanol–water partition coefficient (Wildman–Crippen LogP) is 0.553. The van der Waals surface area contributed by atoms with E-state index in [2.05, 4.69) is 12.2 Å². The summed E-state index contributed by atoms with van der Waals surface area (Å²) in [5.74, 6) is 0.0618. The second kappa shape index (κ2) is 3.76. The molecule has 1 heterocycles. The van der Waals surface area contributed by atoms with Crippen LogP contribution in [0.3, 0.4) is 0 Å². The summed E-state index contributed by atoms with van der Waals surface area (Å²) in [5, 5.41) is 2.92. The lowest BCUT2D eigenvalue weighted by atomic mass is 10.0. The summed E-state index contributed by atoms with van der Waals surface area (Å²) < 4.78 is 5.59. The predicted molar refractivity (Wildman–Crippen MR) is 57.4 cm³/mol. The van der Waals surface area contributed by atoms with Gasteiger partial charge in [-0.2, -0.15) is 0 Å². The number of hydrogen-bond acceptors (Lipinski definition) is 3. The second-order valence-corrected chi connectivity index (χ2v) is 5.22. The van der Waals surface area contributed by atoms with Gasteiger partial charge in [0.1, 0.15) is 0 Å². The van der Waals surface area contributed by atoms with Gasteiger partial charge < -0.3 is 15.8 Å². The van der Waals surface area contributed by atoms with Gasteiger partial charge >= 0.3 is 0 Å². The smallest absolute Gasteiger partial charge is 0.221 e. The third-order valence-electron chi connectivity index (χ3n) is 3.36. The van der Waals surface area contributed by atoms with Crippen LogP contribution in [0.5, 0.6) is 0 Å². The van der Waals surface area contributed by atoms with Gasteiger partial charge in [0.2, 0.25) is 5.91 Å². The van der Waals surface area contributed by atoms with Gasteiger partial charge in [-0.25, -0.2) is 0 Å². The summed E-state index contributed by atoms with van der Waals surface area (Å²) in [6, 6.07) is 0. The van der Waals surface area contributed by atoms with E-state index in [0.717, 1.165) is 32.3 Å². The molecule has 0 aromatic rings. The highest BCUT2D eigenvalue weighted by atomic mass is 16.5. The summed E-state index contributed by atoms with van der Waals surface area (Å²) >= 11 is 0. The van der Waals surface area contributed by atoms with Gasteiger partial charge in [0, 0.05) is 25.1 Å². The SMILES string of the molecule is CC1(CNC(=O)CC2(N)CC2)CCCO1. The first kappa shape index (κ1) is 10.9. The zero-order chi connectivity index (χ0) is 10.9. The normalized spacial score (nSPS) is 32.7. The maximum Gasteiger partial charge on any atom is 0.221 e. The van der Waals surface area contributed by atoms with Crippen molar-refractivity contribution in [1.82, 2.24) is 5.32 Å². The number of amides is 1. The van der Waals surface area contributed by atoms with Crippen LogP contribution in [0.4, 0.5) is 0 Å². The summed E-state index contributed by atoms with van der Waals surface area (Å²) in [7, 11) is 0. The number of nitrogens with one attached hydrogen (secondary N) is 1. The molecule has 2 rings (SSSR count). The molecule has 86 valence electrons. The number of ether oxygens (including phenoxy) is 1. The van der Waals surface area contributed by atoms with Gasteiger partial charge in [0.25, 0.3) is 0 Å². The average molecular weight is 212 g/mol. The van der Waals surface area contributed by atoms with E-state index in [1.54, 1.807) is 0 Å². The molecule has 0 aromatic carbocycles. The zero-order valence-electron chi connectivity index (χ0n) is 9.34. The number of nitrogens with two attached hydrogens (primary N) is 1. The Bertz CT molecular complexity index is 255. The molecule has 0 spiro atoms. The Morgan fingerprint density at radius 1 is 1.47 bits per heavy atom. The van der Waals surface area contributed by atoms with Gasteiger partial charge in [0.15, 0.2) is 0 Å². The van der Waals surface area contributed by atoms with Crippen LogP contribution < -0.4 is 11.1 Å². The van der Waals surface area contributed by atoms with Crippen molar-refractivity contribution >= 4 is 5.91 Å². The van der Waals surface area contributed by atoms with Crippen LogP contribution in [-0.4, -0.2) is 30.2 Å². The second-order valence-electron chi connectivity index (χ2n) is 5.22. The molecule has 2 aliphatic rings. The summed E-state index contributed by atoms with van der Waals surface area (Å²) in [6.07, 6.45) is 4.54. The fourth-order valence-electron chi connectivity index (χ4n) is 1.98. The number of carbonyl (C=O) groups is 1. The molecule has 1 aliphatic heterocycles. The molecule has 1 saturated carbocycles. The van der Waals surface area contributed by atoms with Crippen LogP contribution in [0.1, 0.15) is 39.0 Å². The Kier molecular flexibility index (Phi) is 2.73. The first-order chi connectivity index (χ1) is 7.02. The highest BCUT2D eigenvalue weighted by Gasteiger charge is 2.40. The van der Waals surface area contributed by atoms with E-state index < -0.39 is 0 Å². The molecule has 1 atom stereocenters. The number of rotatable bonds is 4. The monoisotopic (exact) mass is 212 g/mol. The molecule has 1 unspecified atom stereocenters. The molecular weight excluding hydrogens is 192 g/mol. The van der Waals surface area contributed by atoms with Crippen LogP contribution in [-0.2, 0) is 9.53 Å². The Labute approximate surface area is 90.5 Å². The maximum absolute atomic E-state index is 11.6. The standard InChI is InChI=1S/C11H20N2O2/c1-10(3-2-6-15-10)8-13-9(14)7-11(12)4-5-11/h2-8,12H2,1H3,(H,13,14). The van der Waals surface area contributed by atoms with Crippen molar-refractivity contribution in [2.45, 2.75) is 50.2 Å². The number of carbonyl (C=O) groups excluding carboxylic acids is 1. The van der Waals surface area contributed by atoms with E-state index in [1.807, 2.05) is 0 Å². The summed E-state index contributed by atoms with van der Waals surface area (Å²) in [6.45, 7) is 3.48. The Balaban J connectivity index is 1.70. The summed E-state index contributed by atoms with van der Waals surface area (Å²) in [5.41, 5.74) is 5.53. The van der Waals surface area contributed by atoms with Gasteiger partial charge in [-0.1, -0.05) is 0 Å². The molecule has 0 aromatic heterocycles. The molecule has 1 saturated heterocycles. The molecule has 4 nitrogen and oxygen atoms in total. The zero-order valence-corrected chi connectivity index (χ0v) is 9.34. The molecule has 4 heteroatoms. The van der Waals surface area contributed by atoms with Crippen LogP contribution in [0.15, 0.2) is 0 Å². The first-order valence-corrected chi connectivity index (χ1v) is 5.71. The van der Waals surface area contributed by atoms with Gasteiger partial charge in [-0.05, 0) is 32.6 Å². The van der Waals surface area contributed by atoms with Gasteiger partial charge in [-0.15, -0.1) is 0 Å². The number of hydrogen-bond donors (Lipinski definition) is 2. The minimum atomic E-state index is -0.193. The lowest BCUT2D eigenvalue weighted by molar-refractivity contribution is -0.122. The van der Waals surface area contributed by atoms with Crippen LogP contribution in [0.25, 0.3) is 0 Å². The van der Waals surface area contributed by atoms with Gasteiger partial charge in [0.05, 0.1) is 5.60 Å². The molecule has 0 radical (unpaired) electrons. The molecule has 1 amide bonds.